The zero-order valence-electron chi connectivity index (χ0n) is 19.3. The first kappa shape index (κ1) is 23.9. The highest BCUT2D eigenvalue weighted by atomic mass is 19.1. The molecule has 8 heteroatoms. The van der Waals surface area contributed by atoms with E-state index in [0.29, 0.717) is 44.7 Å². The van der Waals surface area contributed by atoms with Crippen LogP contribution in [0, 0.1) is 31.4 Å². The summed E-state index contributed by atoms with van der Waals surface area (Å²) >= 11 is 0. The van der Waals surface area contributed by atoms with E-state index < -0.39 is 11.6 Å². The summed E-state index contributed by atoms with van der Waals surface area (Å²) in [6.45, 7) is 10.1. The predicted octanol–water partition coefficient (Wildman–Crippen LogP) is 3.81. The molecular weight excluding hydrogens is 414 g/mol. The number of amides is 2. The molecule has 1 atom stereocenters. The lowest BCUT2D eigenvalue weighted by atomic mass is 9.95. The summed E-state index contributed by atoms with van der Waals surface area (Å²) in [5.74, 6) is -1.32. The number of carbonyl (C=O) groups excluding carboxylic acids is 2. The maximum atomic E-state index is 14.2. The molecule has 6 nitrogen and oxygen atoms in total. The van der Waals surface area contributed by atoms with Gasteiger partial charge >= 0.3 is 0 Å². The molecule has 1 aliphatic rings. The van der Waals surface area contributed by atoms with Crippen molar-refractivity contribution in [3.63, 3.8) is 0 Å². The number of benzene rings is 1. The third-order valence-corrected chi connectivity index (χ3v) is 6.37. The van der Waals surface area contributed by atoms with Crippen molar-refractivity contribution in [3.05, 3.63) is 46.8 Å². The van der Waals surface area contributed by atoms with Crippen LogP contribution >= 0.6 is 0 Å². The van der Waals surface area contributed by atoms with Crippen LogP contribution in [0.1, 0.15) is 50.1 Å². The Morgan fingerprint density at radius 1 is 1.19 bits per heavy atom. The molecule has 1 fully saturated rings. The summed E-state index contributed by atoms with van der Waals surface area (Å²) in [6.07, 6.45) is 2.41. The number of nitrogens with zero attached hydrogens (tertiary/aromatic N) is 4. The summed E-state index contributed by atoms with van der Waals surface area (Å²) in [5, 5.41) is 4.41. The van der Waals surface area contributed by atoms with Crippen LogP contribution in [0.15, 0.2) is 18.2 Å². The topological polar surface area (TPSA) is 58.4 Å². The van der Waals surface area contributed by atoms with E-state index in [2.05, 4.69) is 5.10 Å². The average Bonchev–Trinajstić information content (AvgIpc) is 3.06. The van der Waals surface area contributed by atoms with E-state index in [9.17, 15) is 18.4 Å². The van der Waals surface area contributed by atoms with E-state index in [1.54, 1.807) is 4.90 Å². The molecule has 0 spiro atoms. The van der Waals surface area contributed by atoms with Gasteiger partial charge in [0, 0.05) is 44.4 Å². The van der Waals surface area contributed by atoms with Crippen LogP contribution in [0.25, 0.3) is 5.69 Å². The maximum Gasteiger partial charge on any atom is 0.227 e. The molecule has 174 valence electrons. The lowest BCUT2D eigenvalue weighted by Crippen LogP contribution is -2.46. The van der Waals surface area contributed by atoms with Gasteiger partial charge in [-0.15, -0.1) is 0 Å². The molecule has 0 bridgehead atoms. The number of halogens is 2. The van der Waals surface area contributed by atoms with Crippen LogP contribution in [0.5, 0.6) is 0 Å². The Hall–Kier alpha value is -2.77. The molecule has 0 saturated carbocycles. The number of likely N-dealkylation sites (tertiary alicyclic amines) is 1. The van der Waals surface area contributed by atoms with Crippen LogP contribution in [0.2, 0.25) is 0 Å². The molecule has 1 saturated heterocycles. The summed E-state index contributed by atoms with van der Waals surface area (Å²) in [7, 11) is 0. The summed E-state index contributed by atoms with van der Waals surface area (Å²) < 4.78 is 29.0. The second-order valence-electron chi connectivity index (χ2n) is 8.35. The molecule has 3 rings (SSSR count). The van der Waals surface area contributed by atoms with Gasteiger partial charge in [0.25, 0.3) is 0 Å². The number of piperidine rings is 1. The second-order valence-corrected chi connectivity index (χ2v) is 8.35. The van der Waals surface area contributed by atoms with Crippen LogP contribution in [-0.2, 0) is 16.0 Å². The molecule has 1 aliphatic heterocycles. The minimum absolute atomic E-state index is 0.0153. The van der Waals surface area contributed by atoms with Crippen molar-refractivity contribution >= 4 is 11.8 Å². The summed E-state index contributed by atoms with van der Waals surface area (Å²) in [5.41, 5.74) is 2.51. The number of carbonyl (C=O) groups is 2. The van der Waals surface area contributed by atoms with Gasteiger partial charge in [-0.05, 0) is 64.7 Å². The van der Waals surface area contributed by atoms with Crippen molar-refractivity contribution in [2.75, 3.05) is 26.2 Å². The van der Waals surface area contributed by atoms with E-state index in [1.165, 1.54) is 16.8 Å². The Bertz CT molecular complexity index is 985. The molecule has 32 heavy (non-hydrogen) atoms. The highest BCUT2D eigenvalue weighted by Gasteiger charge is 2.30. The minimum Gasteiger partial charge on any atom is -0.343 e. The zero-order chi connectivity index (χ0) is 23.4. The van der Waals surface area contributed by atoms with E-state index in [0.717, 1.165) is 30.2 Å². The molecule has 2 aromatic rings. The van der Waals surface area contributed by atoms with Crippen LogP contribution in [0.3, 0.4) is 0 Å². The van der Waals surface area contributed by atoms with Gasteiger partial charge in [-0.2, -0.15) is 5.10 Å². The first-order chi connectivity index (χ1) is 15.3. The van der Waals surface area contributed by atoms with Gasteiger partial charge < -0.3 is 9.80 Å². The quantitative estimate of drug-likeness (QED) is 0.650. The average molecular weight is 447 g/mol. The molecule has 1 aromatic heterocycles. The molecule has 1 unspecified atom stereocenters. The van der Waals surface area contributed by atoms with Crippen molar-refractivity contribution in [2.45, 2.75) is 53.4 Å². The van der Waals surface area contributed by atoms with E-state index >= 15 is 0 Å². The maximum absolute atomic E-state index is 14.2. The van der Waals surface area contributed by atoms with Gasteiger partial charge in [-0.1, -0.05) is 0 Å². The van der Waals surface area contributed by atoms with E-state index in [-0.39, 0.29) is 23.4 Å². The Labute approximate surface area is 188 Å². The fourth-order valence-electron chi connectivity index (χ4n) is 4.51. The highest BCUT2D eigenvalue weighted by molar-refractivity contribution is 5.81. The zero-order valence-corrected chi connectivity index (χ0v) is 19.3. The lowest BCUT2D eigenvalue weighted by molar-refractivity contribution is -0.140. The standard InChI is InChI=1S/C24H32F2N4O2/c1-5-28(6-2)24(32)18-8-7-13-29(15-18)23(31)12-10-20-16(3)27-30(17(20)4)22-11-9-19(25)14-21(22)26/h9,11,14,18H,5-8,10,12-13,15H2,1-4H3. The SMILES string of the molecule is CCN(CC)C(=O)C1CCCN(C(=O)CCc2c(C)nn(-c3ccc(F)cc3F)c2C)C1. The van der Waals surface area contributed by atoms with Gasteiger partial charge in [0.15, 0.2) is 5.82 Å². The molecule has 2 heterocycles. The van der Waals surface area contributed by atoms with Crippen LogP contribution in [0.4, 0.5) is 8.78 Å². The summed E-state index contributed by atoms with van der Waals surface area (Å²) in [6, 6.07) is 3.39. The third-order valence-electron chi connectivity index (χ3n) is 6.37. The monoisotopic (exact) mass is 446 g/mol. The number of hydrogen-bond donors (Lipinski definition) is 0. The summed E-state index contributed by atoms with van der Waals surface area (Å²) in [4.78, 5) is 29.2. The largest absolute Gasteiger partial charge is 0.343 e. The first-order valence-corrected chi connectivity index (χ1v) is 11.3. The Balaban J connectivity index is 1.67. The van der Waals surface area contributed by atoms with Gasteiger partial charge in [0.1, 0.15) is 11.5 Å². The molecular formula is C24H32F2N4O2. The third kappa shape index (κ3) is 5.00. The highest BCUT2D eigenvalue weighted by Crippen LogP contribution is 2.24. The molecule has 0 radical (unpaired) electrons. The van der Waals surface area contributed by atoms with Crippen LogP contribution in [-0.4, -0.2) is 57.6 Å². The fraction of sp³-hybridized carbons (Fsp3) is 0.542. The van der Waals surface area contributed by atoms with Gasteiger partial charge in [0.2, 0.25) is 11.8 Å². The Kier molecular flexibility index (Phi) is 7.64. The minimum atomic E-state index is -0.685. The van der Waals surface area contributed by atoms with Crippen molar-refractivity contribution in [1.82, 2.24) is 19.6 Å². The predicted molar refractivity (Wildman–Crippen MR) is 119 cm³/mol. The van der Waals surface area contributed by atoms with Gasteiger partial charge in [-0.3, -0.25) is 9.59 Å². The smallest absolute Gasteiger partial charge is 0.227 e. The Morgan fingerprint density at radius 2 is 1.91 bits per heavy atom. The number of aromatic nitrogens is 2. The van der Waals surface area contributed by atoms with E-state index in [4.69, 9.17) is 0 Å². The number of aryl methyl sites for hydroxylation is 1. The van der Waals surface area contributed by atoms with Crippen molar-refractivity contribution in [1.29, 1.82) is 0 Å². The lowest BCUT2D eigenvalue weighted by Gasteiger charge is -2.34. The Morgan fingerprint density at radius 3 is 2.56 bits per heavy atom. The van der Waals surface area contributed by atoms with Crippen molar-refractivity contribution < 1.29 is 18.4 Å². The molecule has 2 amide bonds. The molecule has 0 aliphatic carbocycles. The fourth-order valence-corrected chi connectivity index (χ4v) is 4.51. The number of rotatable bonds is 7. The van der Waals surface area contributed by atoms with Crippen molar-refractivity contribution in [3.8, 4) is 5.69 Å². The molecule has 1 aromatic carbocycles. The first-order valence-electron chi connectivity index (χ1n) is 11.3. The van der Waals surface area contributed by atoms with Gasteiger partial charge in [-0.25, -0.2) is 13.5 Å². The second kappa shape index (κ2) is 10.2. The van der Waals surface area contributed by atoms with E-state index in [1.807, 2.05) is 32.6 Å². The number of hydrogen-bond acceptors (Lipinski definition) is 3. The van der Waals surface area contributed by atoms with Gasteiger partial charge in [0.05, 0.1) is 11.6 Å². The van der Waals surface area contributed by atoms with Crippen LogP contribution < -0.4 is 0 Å². The normalized spacial score (nSPS) is 16.3. The van der Waals surface area contributed by atoms with Crippen molar-refractivity contribution in [2.24, 2.45) is 5.92 Å². The molecule has 0 N–H and O–H groups in total.